The molecule has 0 aliphatic carbocycles. The zero-order valence-electron chi connectivity index (χ0n) is 7.69. The molecule has 15 heavy (non-hydrogen) atoms. The van der Waals surface area contributed by atoms with E-state index in [0.29, 0.717) is 0 Å². The molecule has 0 saturated heterocycles. The van der Waals surface area contributed by atoms with Crippen LogP contribution in [0.5, 0.6) is 5.75 Å². The first-order valence-electron chi connectivity index (χ1n) is 3.79. The summed E-state index contributed by atoms with van der Waals surface area (Å²) < 4.78 is 4.79. The Bertz CT molecular complexity index is 433. The van der Waals surface area contributed by atoms with Crippen LogP contribution in [0, 0.1) is 10.1 Å². The van der Waals surface area contributed by atoms with E-state index in [1.807, 2.05) is 0 Å². The summed E-state index contributed by atoms with van der Waals surface area (Å²) in [7, 11) is 1.28. The Morgan fingerprint density at radius 1 is 1.60 bits per heavy atom. The Balaban J connectivity index is 3.42. The van der Waals surface area contributed by atoms with Crippen molar-refractivity contribution in [2.75, 3.05) is 7.11 Å². The molecule has 0 aromatic heterocycles. The lowest BCUT2D eigenvalue weighted by atomic mass is 10.1. The highest BCUT2D eigenvalue weighted by atomic mass is 35.5. The number of carbonyl (C=O) groups is 1. The average Bonchev–Trinajstić information content (AvgIpc) is 2.16. The molecule has 6 nitrogen and oxygen atoms in total. The molecule has 0 spiro atoms. The lowest BCUT2D eigenvalue weighted by Gasteiger charge is -2.05. The maximum absolute atomic E-state index is 10.9. The fourth-order valence-electron chi connectivity index (χ4n) is 1.04. The number of nitro benzene ring substituents is 1. The first-order valence-corrected chi connectivity index (χ1v) is 4.17. The Morgan fingerprint density at radius 3 is 2.60 bits per heavy atom. The molecule has 7 heteroatoms. The fraction of sp³-hybridized carbons (Fsp3) is 0.125. The van der Waals surface area contributed by atoms with E-state index in [1.54, 1.807) is 0 Å². The Morgan fingerprint density at radius 2 is 2.20 bits per heavy atom. The second-order valence-electron chi connectivity index (χ2n) is 2.63. The third-order valence-corrected chi connectivity index (χ3v) is 2.03. The lowest BCUT2D eigenvalue weighted by molar-refractivity contribution is -0.384. The first kappa shape index (κ1) is 11.3. The smallest absolute Gasteiger partial charge is 0.291 e. The van der Waals surface area contributed by atoms with Gasteiger partial charge in [0.1, 0.15) is 10.8 Å². The van der Waals surface area contributed by atoms with Crippen LogP contribution in [0.1, 0.15) is 10.4 Å². The molecule has 0 saturated carbocycles. The topological polar surface area (TPSA) is 95.5 Å². The minimum atomic E-state index is -0.761. The van der Waals surface area contributed by atoms with Gasteiger partial charge >= 0.3 is 0 Å². The molecule has 1 rings (SSSR count). The fourth-order valence-corrected chi connectivity index (χ4v) is 1.28. The summed E-state index contributed by atoms with van der Waals surface area (Å²) >= 11 is 5.59. The number of ether oxygens (including phenoxy) is 1. The van der Waals surface area contributed by atoms with Crippen molar-refractivity contribution < 1.29 is 14.5 Å². The van der Waals surface area contributed by atoms with Crippen molar-refractivity contribution in [3.63, 3.8) is 0 Å². The van der Waals surface area contributed by atoms with Crippen LogP contribution < -0.4 is 10.5 Å². The number of halogens is 1. The molecular weight excluding hydrogens is 224 g/mol. The van der Waals surface area contributed by atoms with Crippen molar-refractivity contribution in [3.8, 4) is 5.75 Å². The summed E-state index contributed by atoms with van der Waals surface area (Å²) in [6.45, 7) is 0. The molecule has 0 fully saturated rings. The molecule has 0 aliphatic heterocycles. The minimum absolute atomic E-state index is 0.00750. The van der Waals surface area contributed by atoms with Crippen molar-refractivity contribution in [3.05, 3.63) is 32.8 Å². The molecule has 2 N–H and O–H groups in total. The van der Waals surface area contributed by atoms with E-state index in [2.05, 4.69) is 0 Å². The number of carbonyl (C=O) groups excluding carboxylic acids is 1. The second kappa shape index (κ2) is 4.14. The van der Waals surface area contributed by atoms with Crippen LogP contribution in [-0.4, -0.2) is 17.9 Å². The average molecular weight is 231 g/mol. The van der Waals surface area contributed by atoms with Crippen molar-refractivity contribution in [2.45, 2.75) is 0 Å². The van der Waals surface area contributed by atoms with Crippen molar-refractivity contribution in [1.29, 1.82) is 0 Å². The monoisotopic (exact) mass is 230 g/mol. The second-order valence-corrected chi connectivity index (χ2v) is 3.03. The van der Waals surface area contributed by atoms with Crippen molar-refractivity contribution >= 4 is 23.2 Å². The summed E-state index contributed by atoms with van der Waals surface area (Å²) in [5.41, 5.74) is 4.71. The van der Waals surface area contributed by atoms with Gasteiger partial charge in [-0.25, -0.2) is 0 Å². The summed E-state index contributed by atoms with van der Waals surface area (Å²) in [5.74, 6) is -0.734. The predicted molar refractivity (Wildman–Crippen MR) is 53.2 cm³/mol. The zero-order valence-corrected chi connectivity index (χ0v) is 8.45. The third-order valence-electron chi connectivity index (χ3n) is 1.73. The molecule has 1 aromatic carbocycles. The van der Waals surface area contributed by atoms with Gasteiger partial charge in [0.2, 0.25) is 0 Å². The van der Waals surface area contributed by atoms with Gasteiger partial charge in [0.25, 0.3) is 11.6 Å². The number of hydrogen-bond acceptors (Lipinski definition) is 4. The molecule has 0 bridgehead atoms. The summed E-state index contributed by atoms with van der Waals surface area (Å²) in [5, 5.41) is 10.4. The maximum atomic E-state index is 10.9. The Kier molecular flexibility index (Phi) is 3.11. The molecular formula is C8H7ClN2O4. The van der Waals surface area contributed by atoms with Crippen LogP contribution in [0.2, 0.25) is 5.02 Å². The van der Waals surface area contributed by atoms with Crippen LogP contribution in [-0.2, 0) is 0 Å². The van der Waals surface area contributed by atoms with Gasteiger partial charge < -0.3 is 10.5 Å². The van der Waals surface area contributed by atoms with E-state index in [4.69, 9.17) is 22.1 Å². The number of rotatable bonds is 3. The highest BCUT2D eigenvalue weighted by Gasteiger charge is 2.19. The van der Waals surface area contributed by atoms with E-state index in [9.17, 15) is 14.9 Å². The molecule has 0 heterocycles. The quantitative estimate of drug-likeness (QED) is 0.626. The number of amides is 1. The SMILES string of the molecule is COc1cc([N+](=O)[O-])c(Cl)cc1C(N)=O. The Labute approximate surface area is 89.7 Å². The maximum Gasteiger partial charge on any atom is 0.291 e. The van der Waals surface area contributed by atoms with Gasteiger partial charge in [-0.3, -0.25) is 14.9 Å². The number of hydrogen-bond donors (Lipinski definition) is 1. The van der Waals surface area contributed by atoms with E-state index in [-0.39, 0.29) is 22.0 Å². The number of nitro groups is 1. The number of nitrogens with two attached hydrogens (primary N) is 1. The van der Waals surface area contributed by atoms with E-state index < -0.39 is 10.8 Å². The zero-order chi connectivity index (χ0) is 11.6. The molecule has 0 radical (unpaired) electrons. The van der Waals surface area contributed by atoms with Crippen LogP contribution in [0.25, 0.3) is 0 Å². The summed E-state index contributed by atoms with van der Waals surface area (Å²) in [6, 6.07) is 2.17. The molecule has 0 unspecified atom stereocenters. The normalized spacial score (nSPS) is 9.73. The number of primary amides is 1. The Hall–Kier alpha value is -1.82. The van der Waals surface area contributed by atoms with Gasteiger partial charge in [-0.1, -0.05) is 11.6 Å². The first-order chi connectivity index (χ1) is 6.97. The standard InChI is InChI=1S/C8H7ClN2O4/c1-15-7-3-6(11(13)14)5(9)2-4(7)8(10)12/h2-3H,1H3,(H2,10,12). The van der Waals surface area contributed by atoms with E-state index in [1.165, 1.54) is 7.11 Å². The number of benzene rings is 1. The molecule has 80 valence electrons. The van der Waals surface area contributed by atoms with Crippen LogP contribution >= 0.6 is 11.6 Å². The molecule has 0 atom stereocenters. The van der Waals surface area contributed by atoms with Crippen LogP contribution in [0.3, 0.4) is 0 Å². The molecule has 0 aliphatic rings. The largest absolute Gasteiger partial charge is 0.496 e. The van der Waals surface area contributed by atoms with E-state index in [0.717, 1.165) is 12.1 Å². The number of nitrogens with zero attached hydrogens (tertiary/aromatic N) is 1. The van der Waals surface area contributed by atoms with Gasteiger partial charge in [-0.05, 0) is 6.07 Å². The van der Waals surface area contributed by atoms with Gasteiger partial charge in [0, 0.05) is 0 Å². The van der Waals surface area contributed by atoms with E-state index >= 15 is 0 Å². The summed E-state index contributed by atoms with van der Waals surface area (Å²) in [4.78, 5) is 20.8. The van der Waals surface area contributed by atoms with Gasteiger partial charge in [0.05, 0.1) is 23.7 Å². The highest BCUT2D eigenvalue weighted by Crippen LogP contribution is 2.31. The van der Waals surface area contributed by atoms with Gasteiger partial charge in [-0.2, -0.15) is 0 Å². The third kappa shape index (κ3) is 2.16. The number of methoxy groups -OCH3 is 1. The summed E-state index contributed by atoms with van der Waals surface area (Å²) in [6.07, 6.45) is 0. The van der Waals surface area contributed by atoms with Gasteiger partial charge in [0.15, 0.2) is 0 Å². The van der Waals surface area contributed by atoms with Gasteiger partial charge in [-0.15, -0.1) is 0 Å². The van der Waals surface area contributed by atoms with Crippen LogP contribution in [0.15, 0.2) is 12.1 Å². The molecule has 1 aromatic rings. The van der Waals surface area contributed by atoms with Crippen LogP contribution in [0.4, 0.5) is 5.69 Å². The highest BCUT2D eigenvalue weighted by molar-refractivity contribution is 6.33. The lowest BCUT2D eigenvalue weighted by Crippen LogP contribution is -2.12. The van der Waals surface area contributed by atoms with Crippen molar-refractivity contribution in [2.24, 2.45) is 5.73 Å². The predicted octanol–water partition coefficient (Wildman–Crippen LogP) is 1.36. The minimum Gasteiger partial charge on any atom is -0.496 e. The molecule has 1 amide bonds. The van der Waals surface area contributed by atoms with Crippen molar-refractivity contribution in [1.82, 2.24) is 0 Å².